The molecule has 1 saturated carbocycles. The molecular weight excluding hydrogens is 593 g/mol. The number of nitrogens with zero attached hydrogens (tertiary/aromatic N) is 6. The number of carbonyl (C=O) groups excluding carboxylic acids is 1. The molecule has 1 amide bonds. The van der Waals surface area contributed by atoms with Crippen LogP contribution in [0.3, 0.4) is 0 Å². The maximum atomic E-state index is 16.8. The average molecular weight is 627 g/mol. The van der Waals surface area contributed by atoms with E-state index in [1.807, 2.05) is 21.9 Å². The number of benzene rings is 2. The van der Waals surface area contributed by atoms with Gasteiger partial charge in [0.2, 0.25) is 12.4 Å². The Hall–Kier alpha value is -4.61. The maximum Gasteiger partial charge on any atom is 0.282 e. The molecule has 0 spiro atoms. The summed E-state index contributed by atoms with van der Waals surface area (Å²) in [6, 6.07) is 10.8. The van der Waals surface area contributed by atoms with Gasteiger partial charge >= 0.3 is 0 Å². The third-order valence-electron chi connectivity index (χ3n) is 10.1. The molecule has 11 heteroatoms. The molecule has 2 aliphatic carbocycles. The second-order valence-electron chi connectivity index (χ2n) is 12.8. The van der Waals surface area contributed by atoms with Crippen molar-refractivity contribution in [1.82, 2.24) is 14.8 Å². The molecule has 3 aromatic rings. The van der Waals surface area contributed by atoms with Gasteiger partial charge < -0.3 is 19.4 Å². The zero-order valence-corrected chi connectivity index (χ0v) is 25.5. The molecule has 2 aromatic carbocycles. The lowest BCUT2D eigenvalue weighted by Gasteiger charge is -2.40. The fourth-order valence-corrected chi connectivity index (χ4v) is 7.70. The minimum Gasteiger partial charge on any atom is -0.475 e. The summed E-state index contributed by atoms with van der Waals surface area (Å²) in [5, 5.41) is 10.9. The van der Waals surface area contributed by atoms with Crippen LogP contribution in [0.2, 0.25) is 0 Å². The van der Waals surface area contributed by atoms with E-state index in [2.05, 4.69) is 28.5 Å². The summed E-state index contributed by atoms with van der Waals surface area (Å²) in [4.78, 5) is 25.6. The van der Waals surface area contributed by atoms with Gasteiger partial charge in [-0.15, -0.1) is 0 Å². The molecule has 0 N–H and O–H groups in total. The summed E-state index contributed by atoms with van der Waals surface area (Å²) >= 11 is 0. The number of fused-ring (bicyclic) bond motifs is 4. The van der Waals surface area contributed by atoms with Gasteiger partial charge in [0.15, 0.2) is 11.6 Å². The minimum absolute atomic E-state index is 0.0324. The smallest absolute Gasteiger partial charge is 0.282 e. The van der Waals surface area contributed by atoms with Crippen LogP contribution >= 0.6 is 0 Å². The van der Waals surface area contributed by atoms with Gasteiger partial charge in [-0.3, -0.25) is 9.69 Å². The second kappa shape index (κ2) is 11.6. The Labute approximate surface area is 265 Å². The van der Waals surface area contributed by atoms with Crippen LogP contribution in [0.4, 0.5) is 18.9 Å². The van der Waals surface area contributed by atoms with Crippen LogP contribution in [0.25, 0.3) is 26.9 Å². The van der Waals surface area contributed by atoms with Crippen LogP contribution in [0.5, 0.6) is 5.88 Å². The highest BCUT2D eigenvalue weighted by atomic mass is 19.1. The van der Waals surface area contributed by atoms with E-state index in [9.17, 15) is 18.8 Å². The molecule has 3 heterocycles. The van der Waals surface area contributed by atoms with Crippen molar-refractivity contribution in [2.75, 3.05) is 51.3 Å². The van der Waals surface area contributed by atoms with Crippen LogP contribution in [-0.2, 0) is 11.2 Å². The third-order valence-corrected chi connectivity index (χ3v) is 10.1. The van der Waals surface area contributed by atoms with Crippen molar-refractivity contribution in [2.24, 2.45) is 5.92 Å². The van der Waals surface area contributed by atoms with E-state index in [0.29, 0.717) is 28.5 Å². The molecular formula is C35H33F3N6O2. The minimum atomic E-state index is -1.11. The van der Waals surface area contributed by atoms with Gasteiger partial charge in [-0.1, -0.05) is 30.8 Å². The molecule has 5 atom stereocenters. The number of carbonyl (C=O) groups is 1. The van der Waals surface area contributed by atoms with Crippen LogP contribution in [-0.4, -0.2) is 85.3 Å². The number of rotatable bonds is 7. The Balaban J connectivity index is 1.35. The van der Waals surface area contributed by atoms with E-state index in [1.54, 1.807) is 19.2 Å². The number of anilines is 1. The number of aromatic nitrogens is 1. The van der Waals surface area contributed by atoms with Crippen LogP contribution in [0, 0.1) is 29.6 Å². The first-order chi connectivity index (χ1) is 22.2. The van der Waals surface area contributed by atoms with E-state index in [0.717, 1.165) is 18.4 Å². The lowest BCUT2D eigenvalue weighted by atomic mass is 9.92. The van der Waals surface area contributed by atoms with Crippen molar-refractivity contribution < 1.29 is 22.7 Å². The molecule has 0 bridgehead atoms. The lowest BCUT2D eigenvalue weighted by molar-refractivity contribution is -0.131. The molecule has 2 aliphatic heterocycles. The standard InChI is InChI=1S/C35H33F3N6O2/c1-19(36)35(45)44-10-9-43(17-24(44)15-40-2)33-27-8-7-26(25-6-4-5-20-11-21-12-28(21)30(20)25)31(38)32(27)41-34(29(33)14-39)46-18-23-13-22(37)16-42(23)3/h4-8,21-24,28H,1,9-13,15-18H2,3H3/t21?,22-,23+,24+,28?/m1/s1. The molecule has 7 rings (SSSR count). The first-order valence-corrected chi connectivity index (χ1v) is 15.6. The third kappa shape index (κ3) is 5.03. The highest BCUT2D eigenvalue weighted by molar-refractivity contribution is 5.99. The number of ether oxygens (including phenoxy) is 1. The predicted molar refractivity (Wildman–Crippen MR) is 167 cm³/mol. The number of likely N-dealkylation sites (N-methyl/N-ethyl adjacent to an activating group) is 1. The number of hydrogen-bond acceptors (Lipinski definition) is 6. The van der Waals surface area contributed by atoms with Gasteiger partial charge in [0, 0.05) is 43.2 Å². The number of pyridine rings is 1. The summed E-state index contributed by atoms with van der Waals surface area (Å²) in [5.41, 5.74) is 4.19. The van der Waals surface area contributed by atoms with Gasteiger partial charge in [-0.2, -0.15) is 5.26 Å². The molecule has 2 unspecified atom stereocenters. The Morgan fingerprint density at radius 3 is 2.74 bits per heavy atom. The molecule has 46 heavy (non-hydrogen) atoms. The first kappa shape index (κ1) is 30.1. The Bertz CT molecular complexity index is 1850. The fourth-order valence-electron chi connectivity index (χ4n) is 7.70. The van der Waals surface area contributed by atoms with Gasteiger partial charge in [-0.05, 0) is 60.9 Å². The molecule has 2 saturated heterocycles. The highest BCUT2D eigenvalue weighted by Gasteiger charge is 2.46. The fraction of sp³-hybridized carbons (Fsp3) is 0.429. The monoisotopic (exact) mass is 626 g/mol. The van der Waals surface area contributed by atoms with E-state index in [1.165, 1.54) is 16.0 Å². The normalized spacial score (nSPS) is 25.1. The Morgan fingerprint density at radius 1 is 1.20 bits per heavy atom. The molecule has 1 aromatic heterocycles. The second-order valence-corrected chi connectivity index (χ2v) is 12.8. The molecule has 4 aliphatic rings. The summed E-state index contributed by atoms with van der Waals surface area (Å²) < 4.78 is 50.9. The van der Waals surface area contributed by atoms with Crippen molar-refractivity contribution in [2.45, 2.75) is 43.4 Å². The number of amides is 1. The van der Waals surface area contributed by atoms with Gasteiger partial charge in [-0.25, -0.2) is 24.7 Å². The summed E-state index contributed by atoms with van der Waals surface area (Å²) in [7, 11) is 1.80. The van der Waals surface area contributed by atoms with E-state index in [4.69, 9.17) is 11.3 Å². The van der Waals surface area contributed by atoms with E-state index >= 15 is 4.39 Å². The SMILES string of the molecule is [C-]#[N+]C[C@H]1CN(c2c(C#N)c(OC[C@@H]3C[C@@H](F)CN3C)nc3c(F)c(-c4cccc5c4C4CC4C5)ccc23)CCN1C(=O)C(=C)F. The molecule has 8 nitrogen and oxygen atoms in total. The number of piperazine rings is 1. The van der Waals surface area contributed by atoms with E-state index in [-0.39, 0.29) is 68.8 Å². The first-order valence-electron chi connectivity index (χ1n) is 15.6. The van der Waals surface area contributed by atoms with Gasteiger partial charge in [0.25, 0.3) is 5.91 Å². The summed E-state index contributed by atoms with van der Waals surface area (Å²) in [5.74, 6) is -1.54. The number of alkyl halides is 1. The summed E-state index contributed by atoms with van der Waals surface area (Å²) in [6.07, 6.45) is 1.38. The van der Waals surface area contributed by atoms with Crippen LogP contribution < -0.4 is 9.64 Å². The van der Waals surface area contributed by atoms with E-state index < -0.39 is 29.8 Å². The molecule has 236 valence electrons. The van der Waals surface area contributed by atoms with Gasteiger partial charge in [0.1, 0.15) is 36.0 Å². The van der Waals surface area contributed by atoms with Crippen molar-refractivity contribution in [3.8, 4) is 23.1 Å². The predicted octanol–water partition coefficient (Wildman–Crippen LogP) is 5.41. The van der Waals surface area contributed by atoms with Crippen molar-refractivity contribution in [3.63, 3.8) is 0 Å². The van der Waals surface area contributed by atoms with Crippen LogP contribution in [0.1, 0.15) is 35.4 Å². The van der Waals surface area contributed by atoms with Crippen molar-refractivity contribution in [3.05, 3.63) is 76.7 Å². The van der Waals surface area contributed by atoms with Crippen molar-refractivity contribution in [1.29, 1.82) is 5.26 Å². The maximum absolute atomic E-state index is 16.8. The highest BCUT2D eigenvalue weighted by Crippen LogP contribution is 2.59. The Kier molecular flexibility index (Phi) is 7.60. The summed E-state index contributed by atoms with van der Waals surface area (Å²) in [6.45, 7) is 11.2. The number of nitriles is 1. The zero-order valence-electron chi connectivity index (χ0n) is 25.5. The zero-order chi connectivity index (χ0) is 32.3. The van der Waals surface area contributed by atoms with Gasteiger partial charge in [0.05, 0.1) is 5.69 Å². The largest absolute Gasteiger partial charge is 0.475 e. The van der Waals surface area contributed by atoms with Crippen LogP contribution in [0.15, 0.2) is 42.7 Å². The Morgan fingerprint density at radius 2 is 2.02 bits per heavy atom. The molecule has 3 fully saturated rings. The number of halogens is 3. The number of hydrogen-bond donors (Lipinski definition) is 0. The molecule has 0 radical (unpaired) electrons. The lowest BCUT2D eigenvalue weighted by Crippen LogP contribution is -2.56. The average Bonchev–Trinajstić information content (AvgIpc) is 3.58. The topological polar surface area (TPSA) is 77.1 Å². The van der Waals surface area contributed by atoms with Crippen molar-refractivity contribution >= 4 is 22.5 Å². The number of likely N-dealkylation sites (tertiary alicyclic amines) is 1. The quantitative estimate of drug-likeness (QED) is 0.258.